The summed E-state index contributed by atoms with van der Waals surface area (Å²) in [6, 6.07) is 22.3. The van der Waals surface area contributed by atoms with Crippen LogP contribution in [0.25, 0.3) is 5.70 Å². The van der Waals surface area contributed by atoms with Crippen LogP contribution >= 0.6 is 0 Å². The summed E-state index contributed by atoms with van der Waals surface area (Å²) in [6.07, 6.45) is 6.14. The molecule has 1 N–H and O–H groups in total. The molecule has 1 saturated heterocycles. The molecule has 2 heteroatoms. The molecular formula is C23H27N2+. The van der Waals surface area contributed by atoms with Crippen LogP contribution in [0.2, 0.25) is 0 Å². The fourth-order valence-corrected chi connectivity index (χ4v) is 4.26. The largest absolute Gasteiger partial charge is 0.378 e. The summed E-state index contributed by atoms with van der Waals surface area (Å²) in [5.41, 5.74) is 5.49. The summed E-state index contributed by atoms with van der Waals surface area (Å²) in [6.45, 7) is 4.57. The van der Waals surface area contributed by atoms with Gasteiger partial charge in [-0.05, 0) is 11.1 Å². The smallest absolute Gasteiger partial charge is 0.169 e. The normalized spacial score (nSPS) is 25.9. The van der Waals surface area contributed by atoms with E-state index >= 15 is 0 Å². The summed E-state index contributed by atoms with van der Waals surface area (Å²) in [5, 5.41) is 3.78. The summed E-state index contributed by atoms with van der Waals surface area (Å²) < 4.78 is 2.64. The Hall–Kier alpha value is -2.35. The Balaban J connectivity index is 1.76. The first-order valence-corrected chi connectivity index (χ1v) is 9.46. The number of hydrogen-bond donors (Lipinski definition) is 1. The average molecular weight is 331 g/mol. The van der Waals surface area contributed by atoms with Crippen molar-refractivity contribution in [3.05, 3.63) is 77.9 Å². The summed E-state index contributed by atoms with van der Waals surface area (Å²) in [5.74, 6) is 0.406. The van der Waals surface area contributed by atoms with Crippen LogP contribution in [-0.2, 0) is 0 Å². The first kappa shape index (κ1) is 16.1. The van der Waals surface area contributed by atoms with Crippen LogP contribution in [0.4, 0.5) is 0 Å². The van der Waals surface area contributed by atoms with E-state index in [0.717, 1.165) is 13.0 Å². The van der Waals surface area contributed by atoms with Crippen molar-refractivity contribution in [2.45, 2.75) is 38.1 Å². The molecule has 0 unspecified atom stereocenters. The molecule has 2 aromatic carbocycles. The Kier molecular flexibility index (Phi) is 4.69. The molecule has 2 aliphatic heterocycles. The van der Waals surface area contributed by atoms with Crippen molar-refractivity contribution in [3.63, 3.8) is 0 Å². The maximum Gasteiger partial charge on any atom is 0.169 e. The zero-order valence-corrected chi connectivity index (χ0v) is 15.0. The van der Waals surface area contributed by atoms with Gasteiger partial charge in [0.2, 0.25) is 0 Å². The highest BCUT2D eigenvalue weighted by Gasteiger charge is 2.31. The summed E-state index contributed by atoms with van der Waals surface area (Å²) >= 11 is 0. The van der Waals surface area contributed by atoms with Gasteiger partial charge in [-0.15, -0.1) is 0 Å². The predicted octanol–water partition coefficient (Wildman–Crippen LogP) is 4.44. The van der Waals surface area contributed by atoms with Crippen LogP contribution in [-0.4, -0.2) is 29.4 Å². The maximum atomic E-state index is 3.78. The molecule has 1 fully saturated rings. The summed E-state index contributed by atoms with van der Waals surface area (Å²) in [7, 11) is 0. The zero-order chi connectivity index (χ0) is 17.1. The van der Waals surface area contributed by atoms with Gasteiger partial charge in [0.25, 0.3) is 0 Å². The fourth-order valence-electron chi connectivity index (χ4n) is 4.26. The molecule has 0 aliphatic carbocycles. The Labute approximate surface area is 150 Å². The van der Waals surface area contributed by atoms with Crippen molar-refractivity contribution < 1.29 is 4.58 Å². The predicted molar refractivity (Wildman–Crippen MR) is 105 cm³/mol. The number of hydrogen-bond acceptors (Lipinski definition) is 1. The maximum absolute atomic E-state index is 3.78. The van der Waals surface area contributed by atoms with Gasteiger partial charge < -0.3 is 5.32 Å². The van der Waals surface area contributed by atoms with Crippen LogP contribution in [0.15, 0.2) is 66.7 Å². The second-order valence-corrected chi connectivity index (χ2v) is 7.27. The minimum Gasteiger partial charge on any atom is -0.378 e. The lowest BCUT2D eigenvalue weighted by atomic mass is 9.91. The summed E-state index contributed by atoms with van der Waals surface area (Å²) in [4.78, 5) is 0. The van der Waals surface area contributed by atoms with E-state index < -0.39 is 0 Å². The third kappa shape index (κ3) is 3.53. The van der Waals surface area contributed by atoms with Crippen molar-refractivity contribution >= 4 is 11.4 Å². The molecule has 2 nitrogen and oxygen atoms in total. The molecule has 0 aromatic heterocycles. The molecule has 2 aliphatic rings. The highest BCUT2D eigenvalue weighted by atomic mass is 15.1. The van der Waals surface area contributed by atoms with E-state index in [-0.39, 0.29) is 0 Å². The number of allylic oxidation sites excluding steroid dienone is 1. The van der Waals surface area contributed by atoms with Crippen molar-refractivity contribution in [2.75, 3.05) is 13.1 Å². The molecule has 2 heterocycles. The molecule has 0 saturated carbocycles. The van der Waals surface area contributed by atoms with Crippen molar-refractivity contribution in [1.29, 1.82) is 0 Å². The third-order valence-corrected chi connectivity index (χ3v) is 5.59. The van der Waals surface area contributed by atoms with Crippen molar-refractivity contribution in [2.24, 2.45) is 0 Å². The Morgan fingerprint density at radius 1 is 0.960 bits per heavy atom. The van der Waals surface area contributed by atoms with Gasteiger partial charge in [-0.3, -0.25) is 0 Å². The third-order valence-electron chi connectivity index (χ3n) is 5.59. The Bertz CT molecular complexity index is 774. The Morgan fingerprint density at radius 3 is 2.44 bits per heavy atom. The van der Waals surface area contributed by atoms with Crippen molar-refractivity contribution in [3.8, 4) is 0 Å². The number of nitrogens with zero attached hydrogens (tertiary/aromatic N) is 1. The zero-order valence-electron chi connectivity index (χ0n) is 15.0. The van der Waals surface area contributed by atoms with E-state index in [4.69, 9.17) is 0 Å². The molecule has 2 aromatic rings. The van der Waals surface area contributed by atoms with Crippen molar-refractivity contribution in [1.82, 2.24) is 5.32 Å². The number of nitrogens with one attached hydrogen (secondary N) is 1. The van der Waals surface area contributed by atoms with E-state index in [0.29, 0.717) is 12.0 Å². The van der Waals surface area contributed by atoms with Gasteiger partial charge in [-0.25, -0.2) is 4.58 Å². The topological polar surface area (TPSA) is 15.0 Å². The molecule has 128 valence electrons. The first-order valence-electron chi connectivity index (χ1n) is 9.46. The van der Waals surface area contributed by atoms with Crippen LogP contribution in [0.5, 0.6) is 0 Å². The lowest BCUT2D eigenvalue weighted by molar-refractivity contribution is -0.543. The lowest BCUT2D eigenvalue weighted by Gasteiger charge is -2.15. The van der Waals surface area contributed by atoms with E-state index in [2.05, 4.69) is 83.6 Å². The van der Waals surface area contributed by atoms with Crippen LogP contribution in [0, 0.1) is 0 Å². The van der Waals surface area contributed by atoms with Gasteiger partial charge in [0, 0.05) is 37.8 Å². The van der Waals surface area contributed by atoms with Crippen LogP contribution in [0.1, 0.15) is 43.2 Å². The van der Waals surface area contributed by atoms with Gasteiger partial charge >= 0.3 is 0 Å². The highest BCUT2D eigenvalue weighted by Crippen LogP contribution is 2.28. The second-order valence-electron chi connectivity index (χ2n) is 7.27. The highest BCUT2D eigenvalue weighted by molar-refractivity contribution is 5.79. The monoisotopic (exact) mass is 331 g/mol. The van der Waals surface area contributed by atoms with Gasteiger partial charge in [0.15, 0.2) is 6.04 Å². The SMILES string of the molecule is CC1=[N+]2CCC[C@H]2CN/C(c2ccccc2)=C\[C@@H](c2ccccc2)C1. The Morgan fingerprint density at radius 2 is 1.68 bits per heavy atom. The minimum absolute atomic E-state index is 0.406. The molecular weight excluding hydrogens is 304 g/mol. The quantitative estimate of drug-likeness (QED) is 0.804. The van der Waals surface area contributed by atoms with E-state index in [1.54, 1.807) is 0 Å². The number of rotatable bonds is 2. The molecule has 0 amide bonds. The van der Waals surface area contributed by atoms with Gasteiger partial charge in [-0.2, -0.15) is 0 Å². The van der Waals surface area contributed by atoms with Gasteiger partial charge in [0.1, 0.15) is 12.3 Å². The molecule has 0 radical (unpaired) electrons. The van der Waals surface area contributed by atoms with Gasteiger partial charge in [-0.1, -0.05) is 66.7 Å². The van der Waals surface area contributed by atoms with E-state index in [1.807, 2.05) is 0 Å². The van der Waals surface area contributed by atoms with Gasteiger partial charge in [0.05, 0.1) is 6.54 Å². The second kappa shape index (κ2) is 7.26. The molecule has 0 spiro atoms. The van der Waals surface area contributed by atoms with Crippen LogP contribution < -0.4 is 5.32 Å². The number of fused-ring (bicyclic) bond motifs is 1. The minimum atomic E-state index is 0.406. The lowest BCUT2D eigenvalue weighted by Crippen LogP contribution is -2.33. The number of benzene rings is 2. The van der Waals surface area contributed by atoms with E-state index in [9.17, 15) is 0 Å². The standard InChI is InChI=1S/C23H27N2/c1-18-15-21(19-9-4-2-5-10-19)16-23(20-11-6-3-7-12-20)24-17-22-13-8-14-25(18)22/h2-7,9-12,16,21-22,24H,8,13-15,17H2,1H3/q+1/b23-16-,25-18?/t21-,22-/m0/s1. The molecule has 0 bridgehead atoms. The fraction of sp³-hybridized carbons (Fsp3) is 0.348. The molecule has 2 atom stereocenters. The van der Waals surface area contributed by atoms with E-state index in [1.165, 1.54) is 41.9 Å². The van der Waals surface area contributed by atoms with Crippen LogP contribution in [0.3, 0.4) is 0 Å². The molecule has 25 heavy (non-hydrogen) atoms. The first-order chi connectivity index (χ1) is 12.3. The molecule has 4 rings (SSSR count). The average Bonchev–Trinajstić information content (AvgIpc) is 3.15.